The summed E-state index contributed by atoms with van der Waals surface area (Å²) in [5.41, 5.74) is 3.63. The van der Waals surface area contributed by atoms with E-state index < -0.39 is 17.7 Å². The molecule has 2 aromatic carbocycles. The second kappa shape index (κ2) is 9.73. The molecule has 5 rings (SSSR count). The Bertz CT molecular complexity index is 1400. The summed E-state index contributed by atoms with van der Waals surface area (Å²) in [5, 5.41) is 4.96. The normalized spacial score (nSPS) is 17.3. The molecule has 0 saturated carbocycles. The third-order valence-corrected chi connectivity index (χ3v) is 7.35. The minimum atomic E-state index is -0.693. The van der Waals surface area contributed by atoms with Gasteiger partial charge < -0.3 is 10.2 Å². The van der Waals surface area contributed by atoms with Crippen LogP contribution in [-0.2, 0) is 29.0 Å². The number of Topliss-reactive ketones (excluding diaryl/α,β-unsaturated/α-hetero) is 1. The van der Waals surface area contributed by atoms with E-state index in [1.807, 2.05) is 12.1 Å². The lowest BCUT2D eigenvalue weighted by Crippen LogP contribution is -2.49. The van der Waals surface area contributed by atoms with E-state index in [0.29, 0.717) is 54.2 Å². The lowest BCUT2D eigenvalue weighted by Gasteiger charge is -2.30. The number of aromatic nitrogens is 1. The molecule has 3 aromatic rings. The first-order chi connectivity index (χ1) is 17.3. The van der Waals surface area contributed by atoms with Crippen LogP contribution < -0.4 is 5.32 Å². The Balaban J connectivity index is 1.19. The molecule has 1 saturated heterocycles. The van der Waals surface area contributed by atoms with Crippen LogP contribution in [0.2, 0.25) is 0 Å². The van der Waals surface area contributed by atoms with Crippen molar-refractivity contribution >= 4 is 28.9 Å². The van der Waals surface area contributed by atoms with E-state index in [4.69, 9.17) is 0 Å². The van der Waals surface area contributed by atoms with Crippen molar-refractivity contribution < 1.29 is 23.2 Å². The molecule has 1 unspecified atom stereocenters. The standard InChI is InChI=1S/C27H23F2N3O3S/c1-15-2-9-24(26(34)30-15)32-13-17-10-16(4-7-20(17)27(32)35)3-6-19(33)12-25-31-23(14-36-25)21-8-5-18(28)11-22(21)29/h4-5,7-8,10-11,14,24H,1-3,6,9,12-13H2,(H,30,34). The summed E-state index contributed by atoms with van der Waals surface area (Å²) in [6, 6.07) is 8.35. The van der Waals surface area contributed by atoms with Gasteiger partial charge >= 0.3 is 0 Å². The van der Waals surface area contributed by atoms with Crippen LogP contribution in [0, 0.1) is 11.6 Å². The maximum atomic E-state index is 14.0. The third kappa shape index (κ3) is 4.83. The number of carbonyl (C=O) groups excluding carboxylic acids is 3. The van der Waals surface area contributed by atoms with Crippen molar-refractivity contribution in [2.75, 3.05) is 0 Å². The molecule has 3 heterocycles. The fourth-order valence-corrected chi connectivity index (χ4v) is 5.44. The zero-order valence-corrected chi connectivity index (χ0v) is 20.2. The fraction of sp³-hybridized carbons (Fsp3) is 0.259. The molecule has 1 atom stereocenters. The van der Waals surface area contributed by atoms with E-state index >= 15 is 0 Å². The number of piperidine rings is 1. The maximum Gasteiger partial charge on any atom is 0.255 e. The SMILES string of the molecule is C=C1CCC(N2Cc3cc(CCC(=O)Cc4nc(-c5ccc(F)cc5F)cs4)ccc3C2=O)C(=O)N1. The van der Waals surface area contributed by atoms with Gasteiger partial charge in [-0.25, -0.2) is 13.8 Å². The van der Waals surface area contributed by atoms with Gasteiger partial charge in [-0.2, -0.15) is 0 Å². The fourth-order valence-electron chi connectivity index (χ4n) is 4.62. The van der Waals surface area contributed by atoms with Gasteiger partial charge in [0.05, 0.1) is 12.1 Å². The predicted molar refractivity (Wildman–Crippen MR) is 131 cm³/mol. The topological polar surface area (TPSA) is 79.4 Å². The average Bonchev–Trinajstić information content (AvgIpc) is 3.42. The molecule has 36 heavy (non-hydrogen) atoms. The van der Waals surface area contributed by atoms with Gasteiger partial charge in [0.2, 0.25) is 5.91 Å². The average molecular weight is 508 g/mol. The molecule has 1 fully saturated rings. The number of amides is 2. The number of aryl methyl sites for hydroxylation is 1. The van der Waals surface area contributed by atoms with Crippen LogP contribution in [0.1, 0.15) is 45.8 Å². The number of fused-ring (bicyclic) bond motifs is 1. The summed E-state index contributed by atoms with van der Waals surface area (Å²) in [5.74, 6) is -1.71. The van der Waals surface area contributed by atoms with E-state index in [9.17, 15) is 23.2 Å². The Labute approximate surface area is 210 Å². The molecule has 0 radical (unpaired) electrons. The molecular weight excluding hydrogens is 484 g/mol. The highest BCUT2D eigenvalue weighted by molar-refractivity contribution is 7.10. The van der Waals surface area contributed by atoms with Gasteiger partial charge in [-0.15, -0.1) is 11.3 Å². The summed E-state index contributed by atoms with van der Waals surface area (Å²) in [7, 11) is 0. The molecule has 2 amide bonds. The Kier molecular flexibility index (Phi) is 6.49. The number of nitrogens with zero attached hydrogens (tertiary/aromatic N) is 2. The lowest BCUT2D eigenvalue weighted by molar-refractivity contribution is -0.126. The number of carbonyl (C=O) groups is 3. The van der Waals surface area contributed by atoms with E-state index in [1.165, 1.54) is 23.5 Å². The Morgan fingerprint density at radius 2 is 1.97 bits per heavy atom. The number of halogens is 2. The van der Waals surface area contributed by atoms with E-state index in [0.717, 1.165) is 17.2 Å². The molecule has 1 N–H and O–H groups in total. The number of hydrogen-bond donors (Lipinski definition) is 1. The molecule has 9 heteroatoms. The van der Waals surface area contributed by atoms with E-state index in [-0.39, 0.29) is 29.6 Å². The van der Waals surface area contributed by atoms with Crippen LogP contribution in [-0.4, -0.2) is 33.5 Å². The Morgan fingerprint density at radius 3 is 2.75 bits per heavy atom. The number of allylic oxidation sites excluding steroid dienone is 1. The van der Waals surface area contributed by atoms with Gasteiger partial charge in [-0.05, 0) is 48.6 Å². The first-order valence-electron chi connectivity index (χ1n) is 11.6. The predicted octanol–water partition coefficient (Wildman–Crippen LogP) is 4.58. The van der Waals surface area contributed by atoms with Gasteiger partial charge in [0.1, 0.15) is 28.5 Å². The highest BCUT2D eigenvalue weighted by atomic mass is 32.1. The second-order valence-electron chi connectivity index (χ2n) is 9.04. The minimum absolute atomic E-state index is 0.00668. The van der Waals surface area contributed by atoms with Gasteiger partial charge in [0.15, 0.2) is 0 Å². The summed E-state index contributed by atoms with van der Waals surface area (Å²) < 4.78 is 27.2. The van der Waals surface area contributed by atoms with Crippen molar-refractivity contribution in [3.63, 3.8) is 0 Å². The number of rotatable bonds is 7. The van der Waals surface area contributed by atoms with Gasteiger partial charge in [-0.1, -0.05) is 18.7 Å². The molecule has 184 valence electrons. The summed E-state index contributed by atoms with van der Waals surface area (Å²) in [6.45, 7) is 4.15. The Hall–Kier alpha value is -3.72. The summed E-state index contributed by atoms with van der Waals surface area (Å²) >= 11 is 1.26. The van der Waals surface area contributed by atoms with E-state index in [2.05, 4.69) is 16.9 Å². The highest BCUT2D eigenvalue weighted by Gasteiger charge is 2.38. The van der Waals surface area contributed by atoms with Gasteiger partial charge in [0, 0.05) is 41.2 Å². The minimum Gasteiger partial charge on any atom is -0.329 e. The maximum absolute atomic E-state index is 14.0. The van der Waals surface area contributed by atoms with Crippen LogP contribution in [0.3, 0.4) is 0 Å². The summed E-state index contributed by atoms with van der Waals surface area (Å²) in [6.07, 6.45) is 2.13. The largest absolute Gasteiger partial charge is 0.329 e. The van der Waals surface area contributed by atoms with Crippen molar-refractivity contribution in [1.82, 2.24) is 15.2 Å². The lowest BCUT2D eigenvalue weighted by atomic mass is 10.0. The second-order valence-corrected chi connectivity index (χ2v) is 9.98. The van der Waals surface area contributed by atoms with Crippen LogP contribution >= 0.6 is 11.3 Å². The Morgan fingerprint density at radius 1 is 1.17 bits per heavy atom. The number of thiazole rings is 1. The zero-order chi connectivity index (χ0) is 25.4. The van der Waals surface area contributed by atoms with Crippen LogP contribution in [0.5, 0.6) is 0 Å². The molecule has 0 bridgehead atoms. The van der Waals surface area contributed by atoms with E-state index in [1.54, 1.807) is 16.3 Å². The first-order valence-corrected chi connectivity index (χ1v) is 12.5. The number of nitrogens with one attached hydrogen (secondary N) is 1. The zero-order valence-electron chi connectivity index (χ0n) is 19.4. The molecule has 1 aromatic heterocycles. The van der Waals surface area contributed by atoms with Crippen molar-refractivity contribution in [2.24, 2.45) is 0 Å². The smallest absolute Gasteiger partial charge is 0.255 e. The number of hydrogen-bond acceptors (Lipinski definition) is 5. The van der Waals surface area contributed by atoms with Crippen molar-refractivity contribution in [1.29, 1.82) is 0 Å². The molecule has 2 aliphatic heterocycles. The molecule has 2 aliphatic rings. The number of ketones is 1. The van der Waals surface area contributed by atoms with Crippen molar-refractivity contribution in [3.8, 4) is 11.3 Å². The number of benzene rings is 2. The summed E-state index contributed by atoms with van der Waals surface area (Å²) in [4.78, 5) is 43.7. The molecule has 6 nitrogen and oxygen atoms in total. The quantitative estimate of drug-likeness (QED) is 0.508. The van der Waals surface area contributed by atoms with Crippen LogP contribution in [0.15, 0.2) is 54.1 Å². The van der Waals surface area contributed by atoms with Gasteiger partial charge in [-0.3, -0.25) is 14.4 Å². The third-order valence-electron chi connectivity index (χ3n) is 6.50. The van der Waals surface area contributed by atoms with Crippen LogP contribution in [0.25, 0.3) is 11.3 Å². The molecule has 0 aliphatic carbocycles. The van der Waals surface area contributed by atoms with Crippen molar-refractivity contribution in [3.05, 3.63) is 87.4 Å². The van der Waals surface area contributed by atoms with Crippen LogP contribution in [0.4, 0.5) is 8.78 Å². The van der Waals surface area contributed by atoms with Gasteiger partial charge in [0.25, 0.3) is 5.91 Å². The highest BCUT2D eigenvalue weighted by Crippen LogP contribution is 2.30. The monoisotopic (exact) mass is 507 g/mol. The first kappa shape index (κ1) is 24.0. The van der Waals surface area contributed by atoms with Crippen molar-refractivity contribution in [2.45, 2.75) is 44.7 Å². The molecule has 0 spiro atoms. The molecular formula is C27H23F2N3O3S.